The van der Waals surface area contributed by atoms with Gasteiger partial charge >= 0.3 is 5.97 Å². The number of hydrogen-bond acceptors (Lipinski definition) is 5. The fourth-order valence-electron chi connectivity index (χ4n) is 1.61. The quantitative estimate of drug-likeness (QED) is 0.338. The third kappa shape index (κ3) is 3.64. The van der Waals surface area contributed by atoms with Gasteiger partial charge in [-0.15, -0.1) is 0 Å². The van der Waals surface area contributed by atoms with E-state index in [-0.39, 0.29) is 18.2 Å². The Balaban J connectivity index is 1.97. The molecule has 0 atom stereocenters. The van der Waals surface area contributed by atoms with Crippen LogP contribution in [-0.2, 0) is 25.8 Å². The molecule has 0 heterocycles. The molecular weight excluding hydrogens is 246 g/mol. The molecule has 1 saturated carbocycles. The number of Topliss-reactive ketones (excluding diaryl/α,β-unsaturated/α-hetero) is 1. The van der Waals surface area contributed by atoms with E-state index >= 15 is 0 Å². The highest BCUT2D eigenvalue weighted by Crippen LogP contribution is 2.31. The molecule has 1 fully saturated rings. The predicted molar refractivity (Wildman–Crippen MR) is 68.4 cm³/mol. The molecule has 5 heteroatoms. The van der Waals surface area contributed by atoms with E-state index in [4.69, 9.17) is 4.84 Å². The Bertz CT molecular complexity index is 491. The van der Waals surface area contributed by atoms with E-state index in [1.807, 2.05) is 30.3 Å². The molecule has 0 amide bonds. The second-order valence-corrected chi connectivity index (χ2v) is 4.33. The van der Waals surface area contributed by atoms with Gasteiger partial charge < -0.3 is 9.57 Å². The zero-order chi connectivity index (χ0) is 13.7. The minimum Gasteiger partial charge on any atom is -0.463 e. The van der Waals surface area contributed by atoms with E-state index in [1.54, 1.807) is 0 Å². The summed E-state index contributed by atoms with van der Waals surface area (Å²) in [5.74, 6) is -1.57. The Morgan fingerprint density at radius 3 is 2.53 bits per heavy atom. The Kier molecular flexibility index (Phi) is 4.28. The minimum absolute atomic E-state index is 0.0300. The van der Waals surface area contributed by atoms with Gasteiger partial charge in [-0.05, 0) is 18.4 Å². The molecule has 1 aromatic rings. The second kappa shape index (κ2) is 6.13. The molecule has 0 radical (unpaired) electrons. The van der Waals surface area contributed by atoms with Crippen LogP contribution < -0.4 is 0 Å². The van der Waals surface area contributed by atoms with Crippen LogP contribution in [0, 0.1) is 5.92 Å². The first-order valence-corrected chi connectivity index (χ1v) is 6.08. The normalized spacial score (nSPS) is 14.9. The maximum atomic E-state index is 11.7. The van der Waals surface area contributed by atoms with Gasteiger partial charge in [-0.3, -0.25) is 4.79 Å². The summed E-state index contributed by atoms with van der Waals surface area (Å²) in [6.45, 7) is 0.269. The van der Waals surface area contributed by atoms with E-state index < -0.39 is 11.8 Å². The molecule has 0 saturated heterocycles. The molecule has 0 unspecified atom stereocenters. The van der Waals surface area contributed by atoms with Crippen LogP contribution in [0.15, 0.2) is 35.5 Å². The van der Waals surface area contributed by atoms with Crippen LogP contribution in [0.1, 0.15) is 18.4 Å². The Labute approximate surface area is 111 Å². The van der Waals surface area contributed by atoms with E-state index in [1.165, 1.54) is 7.11 Å². The summed E-state index contributed by atoms with van der Waals surface area (Å²) in [5.41, 5.74) is 1.12. The molecule has 0 aliphatic heterocycles. The molecule has 0 N–H and O–H groups in total. The maximum absolute atomic E-state index is 11.7. The van der Waals surface area contributed by atoms with Crippen molar-refractivity contribution in [2.75, 3.05) is 7.11 Å². The highest BCUT2D eigenvalue weighted by Gasteiger charge is 2.36. The zero-order valence-corrected chi connectivity index (χ0v) is 10.7. The van der Waals surface area contributed by atoms with Gasteiger partial charge in [-0.25, -0.2) is 4.79 Å². The largest absolute Gasteiger partial charge is 0.463 e. The summed E-state index contributed by atoms with van der Waals surface area (Å²) in [4.78, 5) is 28.1. The van der Waals surface area contributed by atoms with E-state index in [0.29, 0.717) is 0 Å². The molecule has 0 aromatic heterocycles. The standard InChI is InChI=1S/C14H15NO4/c1-18-14(17)13(16)12(11-7-8-11)15-19-9-10-5-3-2-4-6-10/h2-6,11H,7-9H2,1H3/b15-12+. The van der Waals surface area contributed by atoms with Crippen LogP contribution in [0.2, 0.25) is 0 Å². The van der Waals surface area contributed by atoms with Gasteiger partial charge in [0.05, 0.1) is 7.11 Å². The molecule has 1 aliphatic rings. The SMILES string of the molecule is COC(=O)C(=O)/C(=N/OCc1ccccc1)C1CC1. The number of oxime groups is 1. The van der Waals surface area contributed by atoms with Gasteiger partial charge in [0.2, 0.25) is 0 Å². The third-order valence-electron chi connectivity index (χ3n) is 2.80. The lowest BCUT2D eigenvalue weighted by atomic mass is 10.1. The molecule has 19 heavy (non-hydrogen) atoms. The fraction of sp³-hybridized carbons (Fsp3) is 0.357. The number of rotatable bonds is 6. The summed E-state index contributed by atoms with van der Waals surface area (Å²) in [6.07, 6.45) is 1.71. The molecule has 5 nitrogen and oxygen atoms in total. The smallest absolute Gasteiger partial charge is 0.380 e. The van der Waals surface area contributed by atoms with Crippen molar-refractivity contribution in [2.45, 2.75) is 19.4 Å². The fourth-order valence-corrected chi connectivity index (χ4v) is 1.61. The number of carbonyl (C=O) groups is 2. The summed E-state index contributed by atoms with van der Waals surface area (Å²) in [6, 6.07) is 9.49. The van der Waals surface area contributed by atoms with E-state index in [0.717, 1.165) is 18.4 Å². The van der Waals surface area contributed by atoms with Gasteiger partial charge in [-0.1, -0.05) is 35.5 Å². The third-order valence-corrected chi connectivity index (χ3v) is 2.80. The van der Waals surface area contributed by atoms with E-state index in [2.05, 4.69) is 9.89 Å². The van der Waals surface area contributed by atoms with Crippen molar-refractivity contribution in [3.05, 3.63) is 35.9 Å². The lowest BCUT2D eigenvalue weighted by molar-refractivity contribution is -0.148. The van der Waals surface area contributed by atoms with Crippen molar-refractivity contribution in [1.29, 1.82) is 0 Å². The number of ether oxygens (including phenoxy) is 1. The number of methoxy groups -OCH3 is 1. The highest BCUT2D eigenvalue weighted by atomic mass is 16.6. The first kappa shape index (κ1) is 13.3. The van der Waals surface area contributed by atoms with Gasteiger partial charge in [0.15, 0.2) is 0 Å². The Morgan fingerprint density at radius 2 is 1.95 bits per heavy atom. The average molecular weight is 261 g/mol. The number of ketones is 1. The molecule has 2 rings (SSSR count). The monoisotopic (exact) mass is 261 g/mol. The lowest BCUT2D eigenvalue weighted by Crippen LogP contribution is -2.26. The highest BCUT2D eigenvalue weighted by molar-refractivity contribution is 6.64. The van der Waals surface area contributed by atoms with Crippen LogP contribution in [0.5, 0.6) is 0 Å². The molecule has 100 valence electrons. The van der Waals surface area contributed by atoms with Crippen molar-refractivity contribution in [1.82, 2.24) is 0 Å². The topological polar surface area (TPSA) is 65.0 Å². The van der Waals surface area contributed by atoms with Gasteiger partial charge in [0, 0.05) is 5.92 Å². The van der Waals surface area contributed by atoms with Crippen LogP contribution in [0.3, 0.4) is 0 Å². The number of carbonyl (C=O) groups excluding carboxylic acids is 2. The summed E-state index contributed by atoms with van der Waals surface area (Å²) >= 11 is 0. The first-order valence-electron chi connectivity index (χ1n) is 6.08. The molecule has 0 bridgehead atoms. The van der Waals surface area contributed by atoms with Crippen molar-refractivity contribution in [3.63, 3.8) is 0 Å². The van der Waals surface area contributed by atoms with Crippen molar-refractivity contribution >= 4 is 17.5 Å². The molecule has 1 aromatic carbocycles. The van der Waals surface area contributed by atoms with Gasteiger partial charge in [0.25, 0.3) is 5.78 Å². The maximum Gasteiger partial charge on any atom is 0.380 e. The zero-order valence-electron chi connectivity index (χ0n) is 10.7. The van der Waals surface area contributed by atoms with Crippen molar-refractivity contribution in [3.8, 4) is 0 Å². The van der Waals surface area contributed by atoms with Gasteiger partial charge in [-0.2, -0.15) is 0 Å². The summed E-state index contributed by atoms with van der Waals surface area (Å²) in [7, 11) is 1.18. The molecular formula is C14H15NO4. The number of hydrogen-bond donors (Lipinski definition) is 0. The average Bonchev–Trinajstić information content (AvgIpc) is 3.27. The number of esters is 1. The molecule has 1 aliphatic carbocycles. The lowest BCUT2D eigenvalue weighted by Gasteiger charge is -2.03. The van der Waals surface area contributed by atoms with E-state index in [9.17, 15) is 9.59 Å². The van der Waals surface area contributed by atoms with Crippen LogP contribution in [0.4, 0.5) is 0 Å². The van der Waals surface area contributed by atoms with Crippen LogP contribution >= 0.6 is 0 Å². The number of benzene rings is 1. The summed E-state index contributed by atoms with van der Waals surface area (Å²) in [5, 5.41) is 3.82. The van der Waals surface area contributed by atoms with Crippen LogP contribution in [-0.4, -0.2) is 24.6 Å². The minimum atomic E-state index is -0.894. The van der Waals surface area contributed by atoms with Crippen molar-refractivity contribution < 1.29 is 19.2 Å². The predicted octanol–water partition coefficient (Wildman–Crippen LogP) is 1.71. The van der Waals surface area contributed by atoms with Crippen molar-refractivity contribution in [2.24, 2.45) is 11.1 Å². The first-order chi connectivity index (χ1) is 9.22. The van der Waals surface area contributed by atoms with Gasteiger partial charge in [0.1, 0.15) is 12.3 Å². The Hall–Kier alpha value is -2.17. The summed E-state index contributed by atoms with van der Waals surface area (Å²) < 4.78 is 4.41. The number of nitrogens with zero attached hydrogens (tertiary/aromatic N) is 1. The molecule has 0 spiro atoms. The van der Waals surface area contributed by atoms with Crippen LogP contribution in [0.25, 0.3) is 0 Å². The second-order valence-electron chi connectivity index (χ2n) is 4.33. The Morgan fingerprint density at radius 1 is 1.26 bits per heavy atom.